The molecule has 1 aliphatic heterocycles. The van der Waals surface area contributed by atoms with Gasteiger partial charge in [0.2, 0.25) is 6.08 Å². The summed E-state index contributed by atoms with van der Waals surface area (Å²) in [6.07, 6.45) is 1.61. The van der Waals surface area contributed by atoms with Crippen molar-refractivity contribution in [3.05, 3.63) is 18.2 Å². The Morgan fingerprint density at radius 3 is 2.39 bits per heavy atom. The number of hydrogen-bond acceptors (Lipinski definition) is 6. The minimum atomic E-state index is -3.51. The van der Waals surface area contributed by atoms with Crippen LogP contribution in [0.1, 0.15) is 27.7 Å². The summed E-state index contributed by atoms with van der Waals surface area (Å²) in [4.78, 5) is 16.5. The molecule has 23 heavy (non-hydrogen) atoms. The van der Waals surface area contributed by atoms with E-state index < -0.39 is 15.1 Å². The van der Waals surface area contributed by atoms with E-state index in [0.29, 0.717) is 13.1 Å². The van der Waals surface area contributed by atoms with Crippen LogP contribution in [-0.4, -0.2) is 45.0 Å². The standard InChI is InChI=1S/C16H22N2O4S/c1-11(2)23(20,21)16-6-5-14(7-15(16)17-10-19)18-8-12(3)22-13(4)9-18/h5-7,11-13H,8-9H2,1-4H3. The summed E-state index contributed by atoms with van der Waals surface area (Å²) in [5, 5.41) is -0.586. The van der Waals surface area contributed by atoms with Gasteiger partial charge in [0.25, 0.3) is 0 Å². The molecule has 1 saturated heterocycles. The van der Waals surface area contributed by atoms with Gasteiger partial charge in [0.1, 0.15) is 0 Å². The van der Waals surface area contributed by atoms with E-state index in [-0.39, 0.29) is 22.8 Å². The Hall–Kier alpha value is -1.69. The first-order valence-electron chi connectivity index (χ1n) is 7.62. The largest absolute Gasteiger partial charge is 0.372 e. The molecule has 1 fully saturated rings. The molecule has 0 radical (unpaired) electrons. The van der Waals surface area contributed by atoms with Gasteiger partial charge < -0.3 is 9.64 Å². The third kappa shape index (κ3) is 3.80. The van der Waals surface area contributed by atoms with Crippen LogP contribution >= 0.6 is 0 Å². The highest BCUT2D eigenvalue weighted by molar-refractivity contribution is 7.92. The number of nitrogens with zero attached hydrogens (tertiary/aromatic N) is 2. The van der Waals surface area contributed by atoms with Crippen LogP contribution in [0.2, 0.25) is 0 Å². The number of aliphatic imine (C=N–C) groups is 1. The van der Waals surface area contributed by atoms with Crippen LogP contribution in [0.15, 0.2) is 28.1 Å². The number of rotatable bonds is 4. The van der Waals surface area contributed by atoms with Gasteiger partial charge in [0, 0.05) is 18.8 Å². The fourth-order valence-corrected chi connectivity index (χ4v) is 3.88. The third-order valence-electron chi connectivity index (χ3n) is 3.82. The molecule has 0 saturated carbocycles. The normalized spacial score (nSPS) is 22.0. The number of morpholine rings is 1. The van der Waals surface area contributed by atoms with Gasteiger partial charge in [0.05, 0.1) is 28.0 Å². The maximum absolute atomic E-state index is 12.4. The van der Waals surface area contributed by atoms with Crippen molar-refractivity contribution >= 4 is 27.3 Å². The minimum absolute atomic E-state index is 0.0638. The summed E-state index contributed by atoms with van der Waals surface area (Å²) in [5.74, 6) is 0. The Labute approximate surface area is 137 Å². The summed E-state index contributed by atoms with van der Waals surface area (Å²) in [5.41, 5.74) is 0.960. The number of anilines is 1. The van der Waals surface area contributed by atoms with E-state index >= 15 is 0 Å². The predicted octanol–water partition coefficient (Wildman–Crippen LogP) is 2.45. The van der Waals surface area contributed by atoms with Gasteiger partial charge >= 0.3 is 0 Å². The summed E-state index contributed by atoms with van der Waals surface area (Å²) >= 11 is 0. The Bertz CT molecular complexity index is 714. The van der Waals surface area contributed by atoms with Crippen LogP contribution in [0.4, 0.5) is 11.4 Å². The SMILES string of the molecule is CC1CN(c2ccc(S(=O)(=O)C(C)C)c(N=C=O)c2)CC(C)O1. The lowest BCUT2D eigenvalue weighted by atomic mass is 10.2. The van der Waals surface area contributed by atoms with E-state index in [1.807, 2.05) is 13.8 Å². The van der Waals surface area contributed by atoms with Crippen molar-refractivity contribution in [1.29, 1.82) is 0 Å². The maximum atomic E-state index is 12.4. The number of carbonyl (C=O) groups excluding carboxylic acids is 1. The summed E-state index contributed by atoms with van der Waals surface area (Å²) < 4.78 is 30.5. The van der Waals surface area contributed by atoms with Gasteiger partial charge in [-0.2, -0.15) is 4.99 Å². The molecule has 1 aromatic rings. The van der Waals surface area contributed by atoms with E-state index in [9.17, 15) is 13.2 Å². The van der Waals surface area contributed by atoms with Crippen molar-refractivity contribution in [3.63, 3.8) is 0 Å². The van der Waals surface area contributed by atoms with Crippen LogP contribution in [0.25, 0.3) is 0 Å². The van der Waals surface area contributed by atoms with Crippen LogP contribution in [0, 0.1) is 0 Å². The molecule has 0 amide bonds. The quantitative estimate of drug-likeness (QED) is 0.622. The van der Waals surface area contributed by atoms with Crippen molar-refractivity contribution in [2.24, 2.45) is 4.99 Å². The van der Waals surface area contributed by atoms with Crippen molar-refractivity contribution in [1.82, 2.24) is 0 Å². The fourth-order valence-electron chi connectivity index (χ4n) is 2.72. The lowest BCUT2D eigenvalue weighted by molar-refractivity contribution is -0.00521. The first-order chi connectivity index (χ1) is 10.8. The molecular weight excluding hydrogens is 316 g/mol. The van der Waals surface area contributed by atoms with Crippen LogP contribution in [0.5, 0.6) is 0 Å². The van der Waals surface area contributed by atoms with Crippen molar-refractivity contribution in [2.75, 3.05) is 18.0 Å². The van der Waals surface area contributed by atoms with Crippen molar-refractivity contribution in [3.8, 4) is 0 Å². The number of isocyanates is 1. The van der Waals surface area contributed by atoms with Gasteiger partial charge in [-0.3, -0.25) is 0 Å². The molecule has 6 nitrogen and oxygen atoms in total. The molecule has 0 aliphatic carbocycles. The van der Waals surface area contributed by atoms with Gasteiger partial charge in [-0.1, -0.05) is 0 Å². The number of benzene rings is 1. The lowest BCUT2D eigenvalue weighted by Gasteiger charge is -2.37. The van der Waals surface area contributed by atoms with E-state index in [1.54, 1.807) is 26.0 Å². The topological polar surface area (TPSA) is 76.0 Å². The molecule has 2 rings (SSSR count). The zero-order valence-electron chi connectivity index (χ0n) is 13.8. The second kappa shape index (κ2) is 6.83. The lowest BCUT2D eigenvalue weighted by Crippen LogP contribution is -2.45. The number of ether oxygens (including phenoxy) is 1. The molecule has 7 heteroatoms. The summed E-state index contributed by atoms with van der Waals surface area (Å²) in [6.45, 7) is 8.58. The highest BCUT2D eigenvalue weighted by Crippen LogP contribution is 2.32. The molecule has 1 aliphatic rings. The monoisotopic (exact) mass is 338 g/mol. The average Bonchev–Trinajstić information content (AvgIpc) is 2.46. The minimum Gasteiger partial charge on any atom is -0.372 e. The molecule has 0 bridgehead atoms. The van der Waals surface area contributed by atoms with Crippen molar-refractivity contribution in [2.45, 2.75) is 50.0 Å². The molecule has 1 heterocycles. The molecule has 2 unspecified atom stereocenters. The van der Waals surface area contributed by atoms with E-state index in [2.05, 4.69) is 9.89 Å². The first kappa shape index (κ1) is 17.7. The smallest absolute Gasteiger partial charge is 0.240 e. The molecule has 0 aromatic heterocycles. The van der Waals surface area contributed by atoms with Gasteiger partial charge in [-0.15, -0.1) is 0 Å². The van der Waals surface area contributed by atoms with Crippen LogP contribution in [-0.2, 0) is 19.4 Å². The molecular formula is C16H22N2O4S. The van der Waals surface area contributed by atoms with Gasteiger partial charge in [0.15, 0.2) is 9.84 Å². The highest BCUT2D eigenvalue weighted by Gasteiger charge is 2.26. The van der Waals surface area contributed by atoms with Crippen LogP contribution < -0.4 is 4.90 Å². The molecule has 0 N–H and O–H groups in total. The van der Waals surface area contributed by atoms with Gasteiger partial charge in [-0.25, -0.2) is 13.2 Å². The fraction of sp³-hybridized carbons (Fsp3) is 0.562. The molecule has 1 aromatic carbocycles. The second-order valence-electron chi connectivity index (χ2n) is 6.11. The number of sulfone groups is 1. The average molecular weight is 338 g/mol. The highest BCUT2D eigenvalue weighted by atomic mass is 32.2. The Balaban J connectivity index is 2.46. The number of hydrogen-bond donors (Lipinski definition) is 0. The molecule has 0 spiro atoms. The van der Waals surface area contributed by atoms with Crippen LogP contribution in [0.3, 0.4) is 0 Å². The Morgan fingerprint density at radius 2 is 1.87 bits per heavy atom. The van der Waals surface area contributed by atoms with E-state index in [1.165, 1.54) is 12.1 Å². The first-order valence-corrected chi connectivity index (χ1v) is 9.16. The predicted molar refractivity (Wildman–Crippen MR) is 88.8 cm³/mol. The Morgan fingerprint density at radius 1 is 1.26 bits per heavy atom. The second-order valence-corrected chi connectivity index (χ2v) is 8.58. The van der Waals surface area contributed by atoms with E-state index in [4.69, 9.17) is 4.74 Å². The Kier molecular flexibility index (Phi) is 5.24. The summed E-state index contributed by atoms with van der Waals surface area (Å²) in [6, 6.07) is 4.90. The van der Waals surface area contributed by atoms with Gasteiger partial charge in [-0.05, 0) is 45.9 Å². The zero-order valence-corrected chi connectivity index (χ0v) is 14.6. The zero-order chi connectivity index (χ0) is 17.2. The molecule has 126 valence electrons. The molecule has 2 atom stereocenters. The van der Waals surface area contributed by atoms with E-state index in [0.717, 1.165) is 5.69 Å². The maximum Gasteiger partial charge on any atom is 0.240 e. The summed E-state index contributed by atoms with van der Waals surface area (Å²) in [7, 11) is -3.51. The van der Waals surface area contributed by atoms with Crippen molar-refractivity contribution < 1.29 is 17.9 Å². The third-order valence-corrected chi connectivity index (χ3v) is 6.02.